The van der Waals surface area contributed by atoms with Crippen LogP contribution in [0.25, 0.3) is 0 Å². The average Bonchev–Trinajstić information content (AvgIpc) is 2.68. The summed E-state index contributed by atoms with van der Waals surface area (Å²) in [5.74, 6) is 0.741. The molecule has 27 heavy (non-hydrogen) atoms. The Morgan fingerprint density at radius 2 is 1.15 bits per heavy atom. The van der Waals surface area contributed by atoms with Crippen molar-refractivity contribution in [3.63, 3.8) is 0 Å². The maximum Gasteiger partial charge on any atom is 0.157 e. The first kappa shape index (κ1) is 27.0. The van der Waals surface area contributed by atoms with E-state index in [2.05, 4.69) is 26.0 Å². The standard InChI is InChI=1S/C24H47ClO2/c1-3-5-18-22-26-24(27-23-19-6-4-2)20-16-14-12-10-8-7-9-11-13-15-17-21-25/h13,15,24H,3-12,14,16-23H2,1-2H3/b15-13+. The van der Waals surface area contributed by atoms with Crippen molar-refractivity contribution in [2.75, 3.05) is 19.1 Å². The van der Waals surface area contributed by atoms with Crippen LogP contribution >= 0.6 is 11.6 Å². The third kappa shape index (κ3) is 22.1. The quantitative estimate of drug-likeness (QED) is 0.0782. The second-order valence-corrected chi connectivity index (χ2v) is 7.96. The van der Waals surface area contributed by atoms with Crippen LogP contribution in [0.4, 0.5) is 0 Å². The van der Waals surface area contributed by atoms with Gasteiger partial charge in [0.15, 0.2) is 6.29 Å². The lowest BCUT2D eigenvalue weighted by molar-refractivity contribution is -0.148. The molecule has 0 rings (SSSR count). The van der Waals surface area contributed by atoms with E-state index in [1.165, 1.54) is 77.0 Å². The summed E-state index contributed by atoms with van der Waals surface area (Å²) in [6, 6.07) is 0. The molecular formula is C24H47ClO2. The molecule has 0 radical (unpaired) electrons. The van der Waals surface area contributed by atoms with Gasteiger partial charge in [-0.05, 0) is 44.9 Å². The van der Waals surface area contributed by atoms with Crippen LogP contribution in [-0.4, -0.2) is 25.4 Å². The van der Waals surface area contributed by atoms with Gasteiger partial charge in [0, 0.05) is 19.1 Å². The molecule has 0 aliphatic heterocycles. The van der Waals surface area contributed by atoms with E-state index in [0.29, 0.717) is 0 Å². The molecule has 0 heterocycles. The molecule has 0 amide bonds. The SMILES string of the molecule is CCCCCOC(CCCCCCCCC/C=C/CCCl)OCCCCC. The summed E-state index contributed by atoms with van der Waals surface area (Å²) in [5, 5.41) is 0. The molecule has 3 heteroatoms. The molecule has 0 bridgehead atoms. The minimum absolute atomic E-state index is 0.0264. The lowest BCUT2D eigenvalue weighted by atomic mass is 10.1. The van der Waals surface area contributed by atoms with Gasteiger partial charge in [-0.2, -0.15) is 0 Å². The molecule has 0 fully saturated rings. The number of ether oxygens (including phenoxy) is 2. The molecule has 0 saturated heterocycles. The third-order valence-electron chi connectivity index (χ3n) is 4.86. The van der Waals surface area contributed by atoms with Crippen LogP contribution in [0.1, 0.15) is 117 Å². The van der Waals surface area contributed by atoms with Crippen LogP contribution in [0.3, 0.4) is 0 Å². The van der Waals surface area contributed by atoms with Crippen molar-refractivity contribution in [3.05, 3.63) is 12.2 Å². The van der Waals surface area contributed by atoms with E-state index in [9.17, 15) is 0 Å². The molecular weight excluding hydrogens is 356 g/mol. The Labute approximate surface area is 175 Å². The number of allylic oxidation sites excluding steroid dienone is 2. The summed E-state index contributed by atoms with van der Waals surface area (Å²) in [6.45, 7) is 6.17. The zero-order chi connectivity index (χ0) is 19.8. The number of rotatable bonds is 22. The van der Waals surface area contributed by atoms with Gasteiger partial charge in [-0.3, -0.25) is 0 Å². The Morgan fingerprint density at radius 3 is 1.70 bits per heavy atom. The van der Waals surface area contributed by atoms with E-state index in [1.54, 1.807) is 0 Å². The molecule has 0 aromatic heterocycles. The first-order chi connectivity index (χ1) is 13.3. The Kier molecular flexibility index (Phi) is 23.9. The summed E-state index contributed by atoms with van der Waals surface area (Å²) in [7, 11) is 0. The highest BCUT2D eigenvalue weighted by Crippen LogP contribution is 2.14. The van der Waals surface area contributed by atoms with E-state index < -0.39 is 0 Å². The van der Waals surface area contributed by atoms with Crippen LogP contribution in [0.2, 0.25) is 0 Å². The molecule has 2 nitrogen and oxygen atoms in total. The Hall–Kier alpha value is -0.0500. The molecule has 0 aliphatic carbocycles. The van der Waals surface area contributed by atoms with E-state index >= 15 is 0 Å². The second kappa shape index (κ2) is 24.0. The zero-order valence-electron chi connectivity index (χ0n) is 18.4. The van der Waals surface area contributed by atoms with Crippen LogP contribution < -0.4 is 0 Å². The monoisotopic (exact) mass is 402 g/mol. The van der Waals surface area contributed by atoms with Gasteiger partial charge in [0.1, 0.15) is 0 Å². The summed E-state index contributed by atoms with van der Waals surface area (Å²) in [4.78, 5) is 0. The molecule has 0 N–H and O–H groups in total. The smallest absolute Gasteiger partial charge is 0.157 e. The Balaban J connectivity index is 3.60. The van der Waals surface area contributed by atoms with Crippen molar-refractivity contribution >= 4 is 11.6 Å². The molecule has 0 aromatic rings. The van der Waals surface area contributed by atoms with Gasteiger partial charge in [0.25, 0.3) is 0 Å². The van der Waals surface area contributed by atoms with Crippen LogP contribution in [0.15, 0.2) is 12.2 Å². The van der Waals surface area contributed by atoms with Crippen molar-refractivity contribution in [3.8, 4) is 0 Å². The predicted molar refractivity (Wildman–Crippen MR) is 121 cm³/mol. The minimum atomic E-state index is 0.0264. The van der Waals surface area contributed by atoms with Gasteiger partial charge in [0.2, 0.25) is 0 Å². The van der Waals surface area contributed by atoms with Crippen molar-refractivity contribution in [1.29, 1.82) is 0 Å². The first-order valence-electron chi connectivity index (χ1n) is 11.8. The fourth-order valence-corrected chi connectivity index (χ4v) is 3.23. The number of unbranched alkanes of at least 4 members (excludes halogenated alkanes) is 11. The average molecular weight is 403 g/mol. The molecule has 0 unspecified atom stereocenters. The summed E-state index contributed by atoms with van der Waals surface area (Å²) in [6.07, 6.45) is 24.4. The van der Waals surface area contributed by atoms with Crippen LogP contribution in [0.5, 0.6) is 0 Å². The van der Waals surface area contributed by atoms with E-state index in [-0.39, 0.29) is 6.29 Å². The highest BCUT2D eigenvalue weighted by molar-refractivity contribution is 6.17. The molecule has 0 aromatic carbocycles. The lowest BCUT2D eigenvalue weighted by Gasteiger charge is -2.18. The van der Waals surface area contributed by atoms with Crippen molar-refractivity contribution < 1.29 is 9.47 Å². The number of halogens is 1. The minimum Gasteiger partial charge on any atom is -0.353 e. The summed E-state index contributed by atoms with van der Waals surface area (Å²) < 4.78 is 12.0. The summed E-state index contributed by atoms with van der Waals surface area (Å²) in [5.41, 5.74) is 0. The zero-order valence-corrected chi connectivity index (χ0v) is 19.1. The van der Waals surface area contributed by atoms with Crippen LogP contribution in [0, 0.1) is 0 Å². The number of alkyl halides is 1. The number of hydrogen-bond donors (Lipinski definition) is 0. The molecule has 0 spiro atoms. The molecule has 0 saturated carbocycles. The predicted octanol–water partition coefficient (Wildman–Crippen LogP) is 8.42. The maximum absolute atomic E-state index is 5.99. The highest BCUT2D eigenvalue weighted by atomic mass is 35.5. The van der Waals surface area contributed by atoms with Gasteiger partial charge < -0.3 is 9.47 Å². The second-order valence-electron chi connectivity index (χ2n) is 7.59. The first-order valence-corrected chi connectivity index (χ1v) is 12.3. The van der Waals surface area contributed by atoms with Gasteiger partial charge in [0.05, 0.1) is 0 Å². The van der Waals surface area contributed by atoms with Crippen LogP contribution in [-0.2, 0) is 9.47 Å². The van der Waals surface area contributed by atoms with Gasteiger partial charge in [-0.15, -0.1) is 11.6 Å². The Morgan fingerprint density at radius 1 is 0.630 bits per heavy atom. The Bertz CT molecular complexity index is 282. The summed E-state index contributed by atoms with van der Waals surface area (Å²) >= 11 is 5.65. The van der Waals surface area contributed by atoms with Crippen molar-refractivity contribution in [2.24, 2.45) is 0 Å². The largest absolute Gasteiger partial charge is 0.353 e. The topological polar surface area (TPSA) is 18.5 Å². The third-order valence-corrected chi connectivity index (χ3v) is 5.07. The van der Waals surface area contributed by atoms with Gasteiger partial charge >= 0.3 is 0 Å². The van der Waals surface area contributed by atoms with E-state index in [4.69, 9.17) is 21.1 Å². The van der Waals surface area contributed by atoms with Gasteiger partial charge in [-0.25, -0.2) is 0 Å². The van der Waals surface area contributed by atoms with E-state index in [0.717, 1.165) is 44.8 Å². The normalized spacial score (nSPS) is 11.9. The number of hydrogen-bond acceptors (Lipinski definition) is 2. The maximum atomic E-state index is 5.99. The highest BCUT2D eigenvalue weighted by Gasteiger charge is 2.09. The molecule has 0 atom stereocenters. The molecule has 162 valence electrons. The van der Waals surface area contributed by atoms with Gasteiger partial charge in [-0.1, -0.05) is 83.8 Å². The lowest BCUT2D eigenvalue weighted by Crippen LogP contribution is -2.19. The fraction of sp³-hybridized carbons (Fsp3) is 0.917. The van der Waals surface area contributed by atoms with Crippen molar-refractivity contribution in [1.82, 2.24) is 0 Å². The van der Waals surface area contributed by atoms with E-state index in [1.807, 2.05) is 0 Å². The fourth-order valence-electron chi connectivity index (χ4n) is 3.10. The molecule has 0 aliphatic rings. The van der Waals surface area contributed by atoms with Crippen molar-refractivity contribution in [2.45, 2.75) is 123 Å².